The summed E-state index contributed by atoms with van der Waals surface area (Å²) in [5.41, 5.74) is 5.33. The van der Waals surface area contributed by atoms with Crippen LogP contribution in [-0.4, -0.2) is 77.2 Å². The van der Waals surface area contributed by atoms with Gasteiger partial charge in [0.15, 0.2) is 11.2 Å². The molecule has 0 fully saturated rings. The smallest absolute Gasteiger partial charge is 0.394 e. The van der Waals surface area contributed by atoms with Crippen molar-refractivity contribution in [2.45, 2.75) is 12.8 Å². The minimum atomic E-state index is -4.49. The molecule has 14 nitrogen and oxygen atoms in total. The van der Waals surface area contributed by atoms with Crippen LogP contribution in [0.2, 0.25) is 0 Å². The Labute approximate surface area is 146 Å². The van der Waals surface area contributed by atoms with Gasteiger partial charge in [0.25, 0.3) is 5.56 Å². The van der Waals surface area contributed by atoms with Crippen LogP contribution in [0.15, 0.2) is 11.1 Å². The summed E-state index contributed by atoms with van der Waals surface area (Å²) in [7, 11) is -4.49. The van der Waals surface area contributed by atoms with Crippen molar-refractivity contribution in [1.29, 1.82) is 0 Å². The molecule has 0 aliphatic heterocycles. The van der Waals surface area contributed by atoms with Gasteiger partial charge in [-0.05, 0) is 0 Å². The van der Waals surface area contributed by atoms with Crippen molar-refractivity contribution in [2.75, 3.05) is 32.2 Å². The molecule has 15 heteroatoms. The number of hydrogen-bond acceptors (Lipinski definition) is 10. The van der Waals surface area contributed by atoms with Crippen LogP contribution in [0.4, 0.5) is 5.95 Å². The molecule has 0 radical (unpaired) electrons. The molecule has 0 spiro atoms. The molecule has 0 unspecified atom stereocenters. The lowest BCUT2D eigenvalue weighted by Crippen LogP contribution is -2.15. The van der Waals surface area contributed by atoms with Crippen LogP contribution in [0.1, 0.15) is 0 Å². The van der Waals surface area contributed by atoms with Crippen molar-refractivity contribution < 1.29 is 38.9 Å². The molecule has 0 saturated carbocycles. The second kappa shape index (κ2) is 10.3. The highest BCUT2D eigenvalue weighted by Gasteiger charge is 2.13. The van der Waals surface area contributed by atoms with E-state index >= 15 is 0 Å². The lowest BCUT2D eigenvalue weighted by Gasteiger charge is -2.07. The summed E-state index contributed by atoms with van der Waals surface area (Å²) in [6.45, 7) is -1.07. The number of phosphoric acid groups is 1. The van der Waals surface area contributed by atoms with Crippen molar-refractivity contribution >= 4 is 24.9 Å². The highest BCUT2D eigenvalue weighted by atomic mass is 31.2. The number of nitrogens with one attached hydrogen (secondary N) is 1. The number of H-pyrrole nitrogens is 1. The highest BCUT2D eigenvalue weighted by molar-refractivity contribution is 7.46. The molecule has 0 aliphatic rings. The first-order chi connectivity index (χ1) is 12.2. The van der Waals surface area contributed by atoms with Gasteiger partial charge in [-0.1, -0.05) is 0 Å². The third-order valence-corrected chi connectivity index (χ3v) is 3.15. The number of nitrogens with two attached hydrogens (primary N) is 1. The molecule has 2 aromatic heterocycles. The van der Waals surface area contributed by atoms with Gasteiger partial charge < -0.3 is 35.6 Å². The van der Waals surface area contributed by atoms with Crippen LogP contribution in [0, 0.1) is 0 Å². The normalized spacial score (nSPS) is 11.6. The standard InChI is InChI=1S/C8H12N5O6P.C3H8O3/c9-8-11-6-5(7(14)12-8)10-3-13(6)4-18-1-2-19-20(15,16)17;4-1-3(6)2-5/h3H,1-2,4H2,(H2,15,16,17)(H3,9,11,12,14);3-6H,1-2H2. The summed E-state index contributed by atoms with van der Waals surface area (Å²) >= 11 is 0. The average Bonchev–Trinajstić information content (AvgIpc) is 2.96. The Balaban J connectivity index is 0.000000487. The minimum absolute atomic E-state index is 0.0170. The Morgan fingerprint density at radius 3 is 2.50 bits per heavy atom. The number of fused-ring (bicyclic) bond motifs is 1. The van der Waals surface area contributed by atoms with Gasteiger partial charge in [-0.15, -0.1) is 0 Å². The summed E-state index contributed by atoms with van der Waals surface area (Å²) in [5, 5.41) is 24.0. The molecule has 2 aromatic rings. The van der Waals surface area contributed by atoms with Crippen LogP contribution in [-0.2, 0) is 20.6 Å². The summed E-state index contributed by atoms with van der Waals surface area (Å²) in [6, 6.07) is 0. The van der Waals surface area contributed by atoms with E-state index < -0.39 is 19.5 Å². The summed E-state index contributed by atoms with van der Waals surface area (Å²) in [6.07, 6.45) is 0.390. The number of rotatable bonds is 8. The van der Waals surface area contributed by atoms with Gasteiger partial charge in [-0.25, -0.2) is 9.55 Å². The fourth-order valence-electron chi connectivity index (χ4n) is 1.50. The Kier molecular flexibility index (Phi) is 8.77. The van der Waals surface area contributed by atoms with Crippen molar-refractivity contribution in [3.8, 4) is 0 Å². The molecule has 2 rings (SSSR count). The molecule has 148 valence electrons. The average molecular weight is 397 g/mol. The first-order valence-corrected chi connectivity index (χ1v) is 8.59. The van der Waals surface area contributed by atoms with E-state index in [4.69, 9.17) is 35.6 Å². The maximum Gasteiger partial charge on any atom is 0.469 e. The Hall–Kier alpha value is -1.90. The quantitative estimate of drug-likeness (QED) is 0.176. The van der Waals surface area contributed by atoms with Gasteiger partial charge in [0.05, 0.1) is 32.8 Å². The van der Waals surface area contributed by atoms with Crippen LogP contribution in [0.3, 0.4) is 0 Å². The van der Waals surface area contributed by atoms with Crippen molar-refractivity contribution in [1.82, 2.24) is 19.5 Å². The van der Waals surface area contributed by atoms with Gasteiger partial charge in [-0.2, -0.15) is 4.98 Å². The molecule has 0 amide bonds. The van der Waals surface area contributed by atoms with E-state index in [1.165, 1.54) is 10.9 Å². The lowest BCUT2D eigenvalue weighted by molar-refractivity contribution is 0.0450. The van der Waals surface area contributed by atoms with E-state index in [1.54, 1.807) is 0 Å². The fraction of sp³-hybridized carbons (Fsp3) is 0.545. The number of imidazole rings is 1. The first kappa shape index (κ1) is 22.1. The van der Waals surface area contributed by atoms with E-state index in [0.29, 0.717) is 0 Å². The van der Waals surface area contributed by atoms with Gasteiger partial charge in [-0.3, -0.25) is 18.9 Å². The molecule has 8 N–H and O–H groups in total. The number of ether oxygens (including phenoxy) is 1. The zero-order valence-corrected chi connectivity index (χ0v) is 14.3. The minimum Gasteiger partial charge on any atom is -0.394 e. The monoisotopic (exact) mass is 397 g/mol. The number of aliphatic hydroxyl groups is 3. The predicted molar refractivity (Wildman–Crippen MR) is 86.7 cm³/mol. The summed E-state index contributed by atoms with van der Waals surface area (Å²) < 4.78 is 21.2. The van der Waals surface area contributed by atoms with Crippen molar-refractivity contribution in [2.24, 2.45) is 0 Å². The van der Waals surface area contributed by atoms with Gasteiger partial charge in [0.1, 0.15) is 12.8 Å². The Morgan fingerprint density at radius 1 is 1.31 bits per heavy atom. The number of hydrogen-bond donors (Lipinski definition) is 7. The SMILES string of the molecule is Nc1nc2c(ncn2COCCOP(=O)(O)O)c(=O)[nH]1.OCC(O)CO. The molecule has 0 aromatic carbocycles. The third kappa shape index (κ3) is 7.55. The maximum atomic E-state index is 11.5. The largest absolute Gasteiger partial charge is 0.469 e. The summed E-state index contributed by atoms with van der Waals surface area (Å²) in [4.78, 5) is 38.5. The Morgan fingerprint density at radius 2 is 1.96 bits per heavy atom. The number of phosphoric ester groups is 1. The van der Waals surface area contributed by atoms with E-state index in [-0.39, 0.29) is 50.3 Å². The second-order valence-corrected chi connectivity index (χ2v) is 5.96. The van der Waals surface area contributed by atoms with Gasteiger partial charge in [0, 0.05) is 0 Å². The zero-order chi connectivity index (χ0) is 19.7. The van der Waals surface area contributed by atoms with Gasteiger partial charge in [0.2, 0.25) is 5.95 Å². The van der Waals surface area contributed by atoms with E-state index in [2.05, 4.69) is 19.5 Å². The van der Waals surface area contributed by atoms with E-state index in [0.717, 1.165) is 0 Å². The predicted octanol–water partition coefficient (Wildman–Crippen LogP) is -2.88. The molecule has 26 heavy (non-hydrogen) atoms. The first-order valence-electron chi connectivity index (χ1n) is 7.06. The highest BCUT2D eigenvalue weighted by Crippen LogP contribution is 2.35. The van der Waals surface area contributed by atoms with Crippen molar-refractivity contribution in [3.05, 3.63) is 16.7 Å². The number of anilines is 1. The number of aromatic nitrogens is 4. The van der Waals surface area contributed by atoms with Crippen LogP contribution in [0.25, 0.3) is 11.2 Å². The van der Waals surface area contributed by atoms with Crippen LogP contribution in [0.5, 0.6) is 0 Å². The van der Waals surface area contributed by atoms with Crippen molar-refractivity contribution in [3.63, 3.8) is 0 Å². The number of aromatic amines is 1. The lowest BCUT2D eigenvalue weighted by atomic mass is 10.4. The molecule has 0 aliphatic carbocycles. The number of nitrogen functional groups attached to an aromatic ring is 1. The molecule has 2 heterocycles. The second-order valence-electron chi connectivity index (χ2n) is 4.72. The van der Waals surface area contributed by atoms with E-state index in [9.17, 15) is 9.36 Å². The molecule has 0 bridgehead atoms. The zero-order valence-electron chi connectivity index (χ0n) is 13.4. The fourth-order valence-corrected chi connectivity index (χ4v) is 1.81. The van der Waals surface area contributed by atoms with E-state index in [1.807, 2.05) is 0 Å². The van der Waals surface area contributed by atoms with Gasteiger partial charge >= 0.3 is 7.82 Å². The third-order valence-electron chi connectivity index (χ3n) is 2.63. The maximum absolute atomic E-state index is 11.5. The topological polar surface area (TPSA) is 226 Å². The Bertz CT molecular complexity index is 784. The van der Waals surface area contributed by atoms with Crippen LogP contribution >= 0.6 is 7.82 Å². The molecule has 0 atom stereocenters. The van der Waals surface area contributed by atoms with Crippen LogP contribution < -0.4 is 11.3 Å². The molecule has 0 saturated heterocycles. The number of aliphatic hydroxyl groups excluding tert-OH is 3. The molecular formula is C11H20N5O9P. The summed E-state index contributed by atoms with van der Waals surface area (Å²) in [5.74, 6) is -0.0471. The molecular weight excluding hydrogens is 377 g/mol. The number of nitrogens with zero attached hydrogens (tertiary/aromatic N) is 3.